The van der Waals surface area contributed by atoms with Crippen molar-refractivity contribution in [1.29, 1.82) is 0 Å². The Morgan fingerprint density at radius 2 is 1.89 bits per heavy atom. The molecule has 27 heavy (non-hydrogen) atoms. The molecule has 4 aliphatic carbocycles. The van der Waals surface area contributed by atoms with Crippen LogP contribution in [0.25, 0.3) is 0 Å². The Morgan fingerprint density at radius 1 is 1.19 bits per heavy atom. The smallest absolute Gasteiger partial charge is 0.192 e. The Labute approximate surface area is 159 Å². The van der Waals surface area contributed by atoms with Gasteiger partial charge in [-0.2, -0.15) is 0 Å². The number of hydrogen-bond acceptors (Lipinski definition) is 6. The zero-order valence-electron chi connectivity index (χ0n) is 16.0. The van der Waals surface area contributed by atoms with Gasteiger partial charge in [0.1, 0.15) is 6.61 Å². The molecule has 0 aromatic carbocycles. The van der Waals surface area contributed by atoms with Gasteiger partial charge in [0.05, 0.1) is 12.2 Å². The van der Waals surface area contributed by atoms with Gasteiger partial charge >= 0.3 is 0 Å². The summed E-state index contributed by atoms with van der Waals surface area (Å²) in [6.07, 6.45) is 3.07. The number of carbonyl (C=O) groups is 2. The number of ketones is 2. The molecule has 4 rings (SSSR count). The van der Waals surface area contributed by atoms with Crippen molar-refractivity contribution in [3.05, 3.63) is 11.6 Å². The van der Waals surface area contributed by atoms with E-state index in [2.05, 4.69) is 0 Å². The van der Waals surface area contributed by atoms with Crippen LogP contribution in [0.15, 0.2) is 11.6 Å². The highest BCUT2D eigenvalue weighted by atomic mass is 16.4. The van der Waals surface area contributed by atoms with Crippen molar-refractivity contribution < 1.29 is 30.0 Å². The number of aliphatic hydroxyl groups is 4. The van der Waals surface area contributed by atoms with E-state index in [0.717, 1.165) is 18.4 Å². The maximum absolute atomic E-state index is 12.4. The van der Waals surface area contributed by atoms with E-state index in [1.54, 1.807) is 6.08 Å². The van der Waals surface area contributed by atoms with Crippen molar-refractivity contribution in [3.63, 3.8) is 0 Å². The Balaban J connectivity index is 1.74. The fourth-order valence-electron chi connectivity index (χ4n) is 7.25. The van der Waals surface area contributed by atoms with Gasteiger partial charge in [-0.15, -0.1) is 0 Å². The summed E-state index contributed by atoms with van der Waals surface area (Å²) in [6, 6.07) is 0. The van der Waals surface area contributed by atoms with Gasteiger partial charge in [-0.05, 0) is 55.9 Å². The molecule has 3 saturated carbocycles. The molecule has 0 saturated heterocycles. The SMILES string of the molecule is CC12C(=CC(=O)CC1O)CCC1C2CCC2(C)C1CC(O)C2(O)C(=O)CO. The average Bonchev–Trinajstić information content (AvgIpc) is 2.83. The molecule has 0 amide bonds. The van der Waals surface area contributed by atoms with E-state index in [1.165, 1.54) is 0 Å². The minimum atomic E-state index is -1.92. The molecule has 3 fully saturated rings. The van der Waals surface area contributed by atoms with Crippen LogP contribution in [-0.4, -0.2) is 56.4 Å². The van der Waals surface area contributed by atoms with Gasteiger partial charge in [0.2, 0.25) is 0 Å². The lowest BCUT2D eigenvalue weighted by atomic mass is 9.45. The van der Waals surface area contributed by atoms with Crippen LogP contribution in [0, 0.1) is 28.6 Å². The first-order chi connectivity index (χ1) is 12.6. The van der Waals surface area contributed by atoms with E-state index >= 15 is 0 Å². The molecule has 0 aromatic rings. The molecular weight excluding hydrogens is 348 g/mol. The third-order valence-electron chi connectivity index (χ3n) is 8.86. The second-order valence-electron chi connectivity index (χ2n) is 9.61. The highest BCUT2D eigenvalue weighted by Gasteiger charge is 2.70. The topological polar surface area (TPSA) is 115 Å². The summed E-state index contributed by atoms with van der Waals surface area (Å²) in [5.74, 6) is -0.478. The lowest BCUT2D eigenvalue weighted by Crippen LogP contribution is -2.62. The molecule has 4 N–H and O–H groups in total. The lowest BCUT2D eigenvalue weighted by Gasteiger charge is -2.59. The molecule has 0 spiro atoms. The highest BCUT2D eigenvalue weighted by Crippen LogP contribution is 2.67. The minimum Gasteiger partial charge on any atom is -0.392 e. The molecule has 6 heteroatoms. The fraction of sp³-hybridized carbons (Fsp3) is 0.810. The first kappa shape index (κ1) is 19.2. The summed E-state index contributed by atoms with van der Waals surface area (Å²) in [4.78, 5) is 24.3. The molecular formula is C21H30O6. The Hall–Kier alpha value is -1.08. The van der Waals surface area contributed by atoms with Crippen molar-refractivity contribution >= 4 is 11.6 Å². The largest absolute Gasteiger partial charge is 0.392 e. The van der Waals surface area contributed by atoms with E-state index in [4.69, 9.17) is 0 Å². The molecule has 0 bridgehead atoms. The fourth-order valence-corrected chi connectivity index (χ4v) is 7.25. The number of aliphatic hydroxyl groups excluding tert-OH is 3. The Morgan fingerprint density at radius 3 is 2.56 bits per heavy atom. The van der Waals surface area contributed by atoms with E-state index in [0.29, 0.717) is 19.3 Å². The van der Waals surface area contributed by atoms with E-state index in [1.807, 2.05) is 13.8 Å². The van der Waals surface area contributed by atoms with Crippen molar-refractivity contribution in [2.75, 3.05) is 6.61 Å². The highest BCUT2D eigenvalue weighted by molar-refractivity contribution is 5.92. The maximum atomic E-state index is 12.4. The molecule has 8 unspecified atom stereocenters. The summed E-state index contributed by atoms with van der Waals surface area (Å²) in [6.45, 7) is 3.13. The number of fused-ring (bicyclic) bond motifs is 5. The van der Waals surface area contributed by atoms with Gasteiger partial charge in [0, 0.05) is 17.3 Å². The number of carbonyl (C=O) groups excluding carboxylic acids is 2. The summed E-state index contributed by atoms with van der Waals surface area (Å²) in [5.41, 5.74) is -2.16. The minimum absolute atomic E-state index is 0.0201. The standard InChI is InChI=1S/C21H30O6/c1-19-6-5-14-13(15(19)9-17(25)21(19,27)18(26)10-22)4-3-11-7-12(23)8-16(24)20(11,14)2/h7,13-17,22,24-25,27H,3-6,8-10H2,1-2H3. The maximum Gasteiger partial charge on any atom is 0.192 e. The number of rotatable bonds is 2. The first-order valence-corrected chi connectivity index (χ1v) is 10.1. The third-order valence-corrected chi connectivity index (χ3v) is 8.86. The van der Waals surface area contributed by atoms with Gasteiger partial charge in [0.25, 0.3) is 0 Å². The number of Topliss-reactive ketones (excluding diaryl/α,β-unsaturated/α-hetero) is 1. The lowest BCUT2D eigenvalue weighted by molar-refractivity contribution is -0.180. The summed E-state index contributed by atoms with van der Waals surface area (Å²) < 4.78 is 0. The van der Waals surface area contributed by atoms with Crippen molar-refractivity contribution in [2.45, 2.75) is 70.2 Å². The molecule has 0 aromatic heterocycles. The molecule has 0 aliphatic heterocycles. The van der Waals surface area contributed by atoms with Gasteiger partial charge in [0.15, 0.2) is 17.2 Å². The zero-order chi connectivity index (χ0) is 19.8. The predicted octanol–water partition coefficient (Wildman–Crippen LogP) is 0.752. The summed E-state index contributed by atoms with van der Waals surface area (Å²) >= 11 is 0. The quantitative estimate of drug-likeness (QED) is 0.564. The van der Waals surface area contributed by atoms with E-state index < -0.39 is 41.0 Å². The third kappa shape index (κ3) is 2.21. The van der Waals surface area contributed by atoms with Crippen LogP contribution < -0.4 is 0 Å². The second kappa shape index (κ2) is 5.96. The van der Waals surface area contributed by atoms with Crippen LogP contribution in [0.3, 0.4) is 0 Å². The van der Waals surface area contributed by atoms with Gasteiger partial charge in [-0.1, -0.05) is 19.4 Å². The monoisotopic (exact) mass is 378 g/mol. The molecule has 0 radical (unpaired) electrons. The Kier molecular flexibility index (Phi) is 4.25. The zero-order valence-corrected chi connectivity index (χ0v) is 16.0. The van der Waals surface area contributed by atoms with Crippen LogP contribution in [0.5, 0.6) is 0 Å². The summed E-state index contributed by atoms with van der Waals surface area (Å²) in [7, 11) is 0. The molecule has 150 valence electrons. The van der Waals surface area contributed by atoms with Crippen molar-refractivity contribution in [2.24, 2.45) is 28.6 Å². The molecule has 8 atom stereocenters. The predicted molar refractivity (Wildman–Crippen MR) is 96.5 cm³/mol. The second-order valence-corrected chi connectivity index (χ2v) is 9.61. The van der Waals surface area contributed by atoms with Crippen molar-refractivity contribution in [3.8, 4) is 0 Å². The van der Waals surface area contributed by atoms with E-state index in [-0.39, 0.29) is 30.0 Å². The van der Waals surface area contributed by atoms with E-state index in [9.17, 15) is 30.0 Å². The molecule has 4 aliphatic rings. The van der Waals surface area contributed by atoms with Crippen LogP contribution in [-0.2, 0) is 9.59 Å². The van der Waals surface area contributed by atoms with Crippen LogP contribution in [0.4, 0.5) is 0 Å². The summed E-state index contributed by atoms with van der Waals surface area (Å²) in [5, 5.41) is 42.0. The normalized spacial score (nSPS) is 51.9. The first-order valence-electron chi connectivity index (χ1n) is 10.1. The average molecular weight is 378 g/mol. The van der Waals surface area contributed by atoms with Gasteiger partial charge < -0.3 is 20.4 Å². The van der Waals surface area contributed by atoms with Gasteiger partial charge in [-0.3, -0.25) is 9.59 Å². The Bertz CT molecular complexity index is 715. The van der Waals surface area contributed by atoms with Crippen molar-refractivity contribution in [1.82, 2.24) is 0 Å². The van der Waals surface area contributed by atoms with Crippen LogP contribution in [0.2, 0.25) is 0 Å². The van der Waals surface area contributed by atoms with Crippen LogP contribution >= 0.6 is 0 Å². The molecule has 6 nitrogen and oxygen atoms in total. The van der Waals surface area contributed by atoms with Gasteiger partial charge in [-0.25, -0.2) is 0 Å². The molecule has 0 heterocycles. The number of hydrogen-bond donors (Lipinski definition) is 4. The van der Waals surface area contributed by atoms with Crippen LogP contribution in [0.1, 0.15) is 52.4 Å².